The molecule has 1 amide bonds. The monoisotopic (exact) mass is 371 g/mol. The Labute approximate surface area is 155 Å². The molecule has 0 fully saturated rings. The molecule has 0 saturated heterocycles. The van der Waals surface area contributed by atoms with E-state index in [9.17, 15) is 9.59 Å². The van der Waals surface area contributed by atoms with Crippen molar-refractivity contribution in [1.29, 1.82) is 0 Å². The molecule has 136 valence electrons. The fourth-order valence-corrected chi connectivity index (χ4v) is 4.03. The lowest BCUT2D eigenvalue weighted by atomic mass is 10.1. The van der Waals surface area contributed by atoms with Crippen molar-refractivity contribution < 1.29 is 9.53 Å². The first kappa shape index (κ1) is 18.3. The first-order valence-electron chi connectivity index (χ1n) is 8.44. The third-order valence-corrected chi connectivity index (χ3v) is 5.23. The molecule has 3 aromatic rings. The molecule has 2 N–H and O–H groups in total. The van der Waals surface area contributed by atoms with Crippen molar-refractivity contribution in [3.63, 3.8) is 0 Å². The Morgan fingerprint density at radius 1 is 1.35 bits per heavy atom. The topological polar surface area (TPSA) is 87.2 Å². The van der Waals surface area contributed by atoms with Crippen LogP contribution in [0.4, 0.5) is 0 Å². The molecule has 1 unspecified atom stereocenters. The zero-order valence-corrected chi connectivity index (χ0v) is 15.6. The van der Waals surface area contributed by atoms with E-state index < -0.39 is 11.9 Å². The van der Waals surface area contributed by atoms with Crippen LogP contribution in [-0.2, 0) is 16.0 Å². The average Bonchev–Trinajstić information content (AvgIpc) is 3.07. The minimum absolute atomic E-state index is 0.230. The van der Waals surface area contributed by atoms with Crippen LogP contribution >= 0.6 is 11.3 Å². The summed E-state index contributed by atoms with van der Waals surface area (Å²) in [5.41, 5.74) is 7.10. The number of primary amides is 1. The number of hydrogen-bond donors (Lipinski definition) is 1. The molecule has 0 aliphatic heterocycles. The van der Waals surface area contributed by atoms with E-state index in [-0.39, 0.29) is 5.56 Å². The maximum atomic E-state index is 13.4. The maximum Gasteiger partial charge on any atom is 0.263 e. The predicted octanol–water partition coefficient (Wildman–Crippen LogP) is 2.75. The summed E-state index contributed by atoms with van der Waals surface area (Å²) < 4.78 is 6.58. The number of aromatic nitrogens is 2. The SMILES string of the molecule is CCC(C(N)=O)n1c(CCOC)nc2scc(-c3ccccc3)c2c1=O. The van der Waals surface area contributed by atoms with Gasteiger partial charge in [-0.25, -0.2) is 4.98 Å². The summed E-state index contributed by atoms with van der Waals surface area (Å²) >= 11 is 1.43. The van der Waals surface area contributed by atoms with Crippen LogP contribution in [0.2, 0.25) is 0 Å². The van der Waals surface area contributed by atoms with Gasteiger partial charge in [0, 0.05) is 24.5 Å². The highest BCUT2D eigenvalue weighted by Crippen LogP contribution is 2.31. The number of carbonyl (C=O) groups excluding carboxylic acids is 1. The lowest BCUT2D eigenvalue weighted by Crippen LogP contribution is -2.36. The zero-order chi connectivity index (χ0) is 18.7. The highest BCUT2D eigenvalue weighted by molar-refractivity contribution is 7.17. The number of hydrogen-bond acceptors (Lipinski definition) is 5. The molecule has 0 aliphatic rings. The Morgan fingerprint density at radius 3 is 2.69 bits per heavy atom. The van der Waals surface area contributed by atoms with Gasteiger partial charge in [-0.15, -0.1) is 11.3 Å². The van der Waals surface area contributed by atoms with Gasteiger partial charge < -0.3 is 10.5 Å². The molecule has 1 atom stereocenters. The number of nitrogens with two attached hydrogens (primary N) is 1. The number of amides is 1. The standard InChI is InChI=1S/C19H21N3O3S/c1-3-14(17(20)23)22-15(9-10-25-2)21-18-16(19(22)24)13(11-26-18)12-7-5-4-6-8-12/h4-8,11,14H,3,9-10H2,1-2H3,(H2,20,23). The Balaban J connectivity index is 2.29. The smallest absolute Gasteiger partial charge is 0.263 e. The van der Waals surface area contributed by atoms with E-state index in [4.69, 9.17) is 10.5 Å². The average molecular weight is 371 g/mol. The van der Waals surface area contributed by atoms with Gasteiger partial charge in [-0.05, 0) is 12.0 Å². The van der Waals surface area contributed by atoms with Gasteiger partial charge in [0.1, 0.15) is 16.7 Å². The quantitative estimate of drug-likeness (QED) is 0.692. The van der Waals surface area contributed by atoms with Gasteiger partial charge in [0.05, 0.1) is 12.0 Å². The van der Waals surface area contributed by atoms with Crippen molar-refractivity contribution >= 4 is 27.5 Å². The molecule has 0 aliphatic carbocycles. The lowest BCUT2D eigenvalue weighted by molar-refractivity contribution is -0.121. The van der Waals surface area contributed by atoms with E-state index >= 15 is 0 Å². The van der Waals surface area contributed by atoms with Crippen LogP contribution in [0.1, 0.15) is 25.2 Å². The summed E-state index contributed by atoms with van der Waals surface area (Å²) in [6.45, 7) is 2.24. The molecule has 0 spiro atoms. The summed E-state index contributed by atoms with van der Waals surface area (Å²) in [5.74, 6) is -0.0117. The Bertz CT molecular complexity index is 979. The van der Waals surface area contributed by atoms with Crippen LogP contribution < -0.4 is 11.3 Å². The minimum atomic E-state index is -0.727. The molecule has 2 heterocycles. The van der Waals surface area contributed by atoms with Crippen LogP contribution in [-0.4, -0.2) is 29.2 Å². The van der Waals surface area contributed by atoms with Crippen molar-refractivity contribution in [2.75, 3.05) is 13.7 Å². The van der Waals surface area contributed by atoms with Gasteiger partial charge >= 0.3 is 0 Å². The van der Waals surface area contributed by atoms with Crippen molar-refractivity contribution in [3.8, 4) is 11.1 Å². The Hall–Kier alpha value is -2.51. The van der Waals surface area contributed by atoms with Crippen LogP contribution in [0, 0.1) is 0 Å². The number of benzene rings is 1. The number of methoxy groups -OCH3 is 1. The molecule has 2 aromatic heterocycles. The number of ether oxygens (including phenoxy) is 1. The third kappa shape index (κ3) is 3.27. The van der Waals surface area contributed by atoms with Gasteiger partial charge in [0.2, 0.25) is 5.91 Å². The molecule has 7 heteroatoms. The van der Waals surface area contributed by atoms with Crippen LogP contribution in [0.15, 0.2) is 40.5 Å². The van der Waals surface area contributed by atoms with Crippen molar-refractivity contribution in [2.45, 2.75) is 25.8 Å². The molecule has 26 heavy (non-hydrogen) atoms. The molecular weight excluding hydrogens is 350 g/mol. The zero-order valence-electron chi connectivity index (χ0n) is 14.8. The molecule has 0 radical (unpaired) electrons. The van der Waals surface area contributed by atoms with Crippen molar-refractivity contribution in [3.05, 3.63) is 51.9 Å². The largest absolute Gasteiger partial charge is 0.384 e. The van der Waals surface area contributed by atoms with Gasteiger partial charge in [0.25, 0.3) is 5.56 Å². The first-order chi connectivity index (χ1) is 12.6. The number of thiophene rings is 1. The first-order valence-corrected chi connectivity index (χ1v) is 9.32. The van der Waals surface area contributed by atoms with Crippen molar-refractivity contribution in [1.82, 2.24) is 9.55 Å². The summed E-state index contributed by atoms with van der Waals surface area (Å²) in [7, 11) is 1.59. The number of carbonyl (C=O) groups is 1. The minimum Gasteiger partial charge on any atom is -0.384 e. The van der Waals surface area contributed by atoms with Gasteiger partial charge in [-0.3, -0.25) is 14.2 Å². The summed E-state index contributed by atoms with van der Waals surface area (Å²) in [4.78, 5) is 30.6. The van der Waals surface area contributed by atoms with Gasteiger partial charge in [-0.1, -0.05) is 37.3 Å². The molecule has 0 saturated carbocycles. The Kier molecular flexibility index (Phi) is 5.49. The van der Waals surface area contributed by atoms with Crippen LogP contribution in [0.25, 0.3) is 21.3 Å². The molecule has 0 bridgehead atoms. The molecule has 6 nitrogen and oxygen atoms in total. The van der Waals surface area contributed by atoms with Crippen LogP contribution in [0.5, 0.6) is 0 Å². The summed E-state index contributed by atoms with van der Waals surface area (Å²) in [6, 6.07) is 8.96. The predicted molar refractivity (Wildman–Crippen MR) is 103 cm³/mol. The van der Waals surface area contributed by atoms with E-state index in [0.717, 1.165) is 11.1 Å². The highest BCUT2D eigenvalue weighted by atomic mass is 32.1. The number of nitrogens with zero attached hydrogens (tertiary/aromatic N) is 2. The van der Waals surface area contributed by atoms with E-state index in [0.29, 0.717) is 35.5 Å². The summed E-state index contributed by atoms with van der Waals surface area (Å²) in [6.07, 6.45) is 0.858. The number of fused-ring (bicyclic) bond motifs is 1. The highest BCUT2D eigenvalue weighted by Gasteiger charge is 2.24. The number of rotatable bonds is 7. The van der Waals surface area contributed by atoms with Crippen molar-refractivity contribution in [2.24, 2.45) is 5.73 Å². The third-order valence-electron chi connectivity index (χ3n) is 4.35. The lowest BCUT2D eigenvalue weighted by Gasteiger charge is -2.19. The molecule has 3 rings (SSSR count). The Morgan fingerprint density at radius 2 is 2.08 bits per heavy atom. The second-order valence-corrected chi connectivity index (χ2v) is 6.83. The molecule has 1 aromatic carbocycles. The fraction of sp³-hybridized carbons (Fsp3) is 0.316. The van der Waals surface area contributed by atoms with E-state index in [2.05, 4.69) is 4.98 Å². The normalized spacial score (nSPS) is 12.4. The van der Waals surface area contributed by atoms with E-state index in [1.54, 1.807) is 7.11 Å². The summed E-state index contributed by atoms with van der Waals surface area (Å²) in [5, 5.41) is 2.46. The fourth-order valence-electron chi connectivity index (χ4n) is 3.08. The van der Waals surface area contributed by atoms with Crippen LogP contribution in [0.3, 0.4) is 0 Å². The second kappa shape index (κ2) is 7.80. The maximum absolute atomic E-state index is 13.4. The van der Waals surface area contributed by atoms with Gasteiger partial charge in [0.15, 0.2) is 0 Å². The van der Waals surface area contributed by atoms with E-state index in [1.807, 2.05) is 42.6 Å². The van der Waals surface area contributed by atoms with Gasteiger partial charge in [-0.2, -0.15) is 0 Å². The van der Waals surface area contributed by atoms with E-state index in [1.165, 1.54) is 15.9 Å². The molecular formula is C19H21N3O3S. The second-order valence-electron chi connectivity index (χ2n) is 5.97.